The molecule has 1 aliphatic heterocycles. The molecule has 28 heavy (non-hydrogen) atoms. The SMILES string of the molecule is Clc1ncc(COc2ccccc2CN2CCC(Cc3ccccc3)CC2)s1. The third-order valence-electron chi connectivity index (χ3n) is 5.34. The van der Waals surface area contributed by atoms with Gasteiger partial charge in [-0.1, -0.05) is 60.1 Å². The van der Waals surface area contributed by atoms with Gasteiger partial charge in [-0.3, -0.25) is 4.90 Å². The molecule has 1 saturated heterocycles. The van der Waals surface area contributed by atoms with Crippen molar-refractivity contribution in [2.45, 2.75) is 32.4 Å². The van der Waals surface area contributed by atoms with E-state index in [0.717, 1.165) is 36.2 Å². The molecule has 3 nitrogen and oxygen atoms in total. The first-order valence-corrected chi connectivity index (χ1v) is 11.0. The highest BCUT2D eigenvalue weighted by Crippen LogP contribution is 2.27. The summed E-state index contributed by atoms with van der Waals surface area (Å²) in [4.78, 5) is 7.67. The number of hydrogen-bond donors (Lipinski definition) is 0. The first kappa shape index (κ1) is 19.4. The van der Waals surface area contributed by atoms with Crippen molar-refractivity contribution in [3.8, 4) is 5.75 Å². The second-order valence-electron chi connectivity index (χ2n) is 7.39. The molecular formula is C23H25ClN2OS. The molecule has 0 radical (unpaired) electrons. The molecule has 2 aromatic carbocycles. The van der Waals surface area contributed by atoms with Gasteiger partial charge in [-0.25, -0.2) is 4.98 Å². The Bertz CT molecular complexity index is 875. The fourth-order valence-electron chi connectivity index (χ4n) is 3.81. The molecular weight excluding hydrogens is 388 g/mol. The van der Waals surface area contributed by atoms with Crippen LogP contribution in [0.4, 0.5) is 0 Å². The van der Waals surface area contributed by atoms with E-state index in [9.17, 15) is 0 Å². The molecule has 0 amide bonds. The summed E-state index contributed by atoms with van der Waals surface area (Å²) in [5, 5.41) is 0. The lowest BCUT2D eigenvalue weighted by atomic mass is 9.90. The highest BCUT2D eigenvalue weighted by atomic mass is 35.5. The molecule has 1 aliphatic rings. The normalized spacial score (nSPS) is 15.6. The third kappa shape index (κ3) is 5.34. The molecule has 1 aromatic heterocycles. The van der Waals surface area contributed by atoms with Crippen LogP contribution < -0.4 is 4.74 Å². The number of para-hydroxylation sites is 1. The Morgan fingerprint density at radius 2 is 1.79 bits per heavy atom. The van der Waals surface area contributed by atoms with Crippen molar-refractivity contribution in [1.82, 2.24) is 9.88 Å². The van der Waals surface area contributed by atoms with Gasteiger partial charge in [-0.05, 0) is 49.9 Å². The number of aromatic nitrogens is 1. The molecule has 0 N–H and O–H groups in total. The van der Waals surface area contributed by atoms with Crippen LogP contribution in [0.3, 0.4) is 0 Å². The lowest BCUT2D eigenvalue weighted by Crippen LogP contribution is -2.34. The summed E-state index contributed by atoms with van der Waals surface area (Å²) >= 11 is 7.38. The lowest BCUT2D eigenvalue weighted by molar-refractivity contribution is 0.174. The molecule has 0 spiro atoms. The van der Waals surface area contributed by atoms with Gasteiger partial charge in [0, 0.05) is 18.3 Å². The summed E-state index contributed by atoms with van der Waals surface area (Å²) in [7, 11) is 0. The predicted molar refractivity (Wildman–Crippen MR) is 116 cm³/mol. The molecule has 0 bridgehead atoms. The molecule has 146 valence electrons. The minimum absolute atomic E-state index is 0.514. The summed E-state index contributed by atoms with van der Waals surface area (Å²) in [5.74, 6) is 1.75. The monoisotopic (exact) mass is 412 g/mol. The van der Waals surface area contributed by atoms with E-state index in [2.05, 4.69) is 58.4 Å². The average Bonchev–Trinajstić information content (AvgIpc) is 3.15. The Hall–Kier alpha value is -1.88. The second-order valence-corrected chi connectivity index (χ2v) is 9.08. The molecule has 2 heterocycles. The van der Waals surface area contributed by atoms with Gasteiger partial charge in [0.05, 0.1) is 4.88 Å². The summed E-state index contributed by atoms with van der Waals surface area (Å²) < 4.78 is 6.62. The smallest absolute Gasteiger partial charge is 0.183 e. The Balaban J connectivity index is 1.30. The number of piperidine rings is 1. The molecule has 4 rings (SSSR count). The van der Waals surface area contributed by atoms with E-state index in [0.29, 0.717) is 11.1 Å². The van der Waals surface area contributed by atoms with Crippen molar-refractivity contribution < 1.29 is 4.74 Å². The number of thiazole rings is 1. The van der Waals surface area contributed by atoms with E-state index in [-0.39, 0.29) is 0 Å². The fourth-order valence-corrected chi connectivity index (χ4v) is 4.70. The second kappa shape index (κ2) is 9.55. The summed E-state index contributed by atoms with van der Waals surface area (Å²) in [6.45, 7) is 3.75. The van der Waals surface area contributed by atoms with Gasteiger partial charge in [0.2, 0.25) is 0 Å². The van der Waals surface area contributed by atoms with Gasteiger partial charge >= 0.3 is 0 Å². The quantitative estimate of drug-likeness (QED) is 0.488. The first-order valence-electron chi connectivity index (χ1n) is 9.83. The standard InChI is InChI=1S/C23H25ClN2OS/c24-23-25-15-21(28-23)17-27-22-9-5-4-8-20(22)16-26-12-10-19(11-13-26)14-18-6-2-1-3-7-18/h1-9,15,19H,10-14,16-17H2. The zero-order chi connectivity index (χ0) is 19.2. The Morgan fingerprint density at radius 3 is 2.54 bits per heavy atom. The number of halogens is 1. The molecule has 0 atom stereocenters. The van der Waals surface area contributed by atoms with Crippen LogP contribution in [0.25, 0.3) is 0 Å². The zero-order valence-corrected chi connectivity index (χ0v) is 17.5. The van der Waals surface area contributed by atoms with E-state index in [1.54, 1.807) is 6.20 Å². The maximum Gasteiger partial charge on any atom is 0.183 e. The molecule has 5 heteroatoms. The third-order valence-corrected chi connectivity index (χ3v) is 6.42. The number of benzene rings is 2. The Labute approximate surface area is 175 Å². The maximum absolute atomic E-state index is 6.06. The van der Waals surface area contributed by atoms with Gasteiger partial charge < -0.3 is 4.74 Å². The maximum atomic E-state index is 6.06. The van der Waals surface area contributed by atoms with E-state index in [4.69, 9.17) is 16.3 Å². The van der Waals surface area contributed by atoms with Crippen LogP contribution in [0.2, 0.25) is 4.47 Å². The highest BCUT2D eigenvalue weighted by Gasteiger charge is 2.20. The number of nitrogens with zero attached hydrogens (tertiary/aromatic N) is 2. The molecule has 0 unspecified atom stereocenters. The zero-order valence-electron chi connectivity index (χ0n) is 15.9. The summed E-state index contributed by atoms with van der Waals surface area (Å²) in [6, 6.07) is 19.2. The molecule has 1 fully saturated rings. The van der Waals surface area contributed by atoms with Crippen LogP contribution in [0, 0.1) is 5.92 Å². The molecule has 0 saturated carbocycles. The fraction of sp³-hybridized carbons (Fsp3) is 0.348. The van der Waals surface area contributed by atoms with Gasteiger partial charge in [-0.2, -0.15) is 0 Å². The average molecular weight is 413 g/mol. The highest BCUT2D eigenvalue weighted by molar-refractivity contribution is 7.15. The van der Waals surface area contributed by atoms with Crippen molar-refractivity contribution in [2.75, 3.05) is 13.1 Å². The van der Waals surface area contributed by atoms with Crippen LogP contribution in [0.15, 0.2) is 60.8 Å². The van der Waals surface area contributed by atoms with Crippen LogP contribution in [0.5, 0.6) is 5.75 Å². The number of likely N-dealkylation sites (tertiary alicyclic amines) is 1. The lowest BCUT2D eigenvalue weighted by Gasteiger charge is -2.32. The summed E-state index contributed by atoms with van der Waals surface area (Å²) in [5.41, 5.74) is 2.71. The summed E-state index contributed by atoms with van der Waals surface area (Å²) in [6.07, 6.45) is 5.51. The molecule has 3 aromatic rings. The van der Waals surface area contributed by atoms with Crippen molar-refractivity contribution in [3.63, 3.8) is 0 Å². The Morgan fingerprint density at radius 1 is 1.04 bits per heavy atom. The number of ether oxygens (including phenoxy) is 1. The minimum atomic E-state index is 0.514. The Kier molecular flexibility index (Phi) is 6.63. The number of hydrogen-bond acceptors (Lipinski definition) is 4. The first-order chi connectivity index (χ1) is 13.8. The minimum Gasteiger partial charge on any atom is -0.488 e. The van der Waals surface area contributed by atoms with E-state index < -0.39 is 0 Å². The van der Waals surface area contributed by atoms with Crippen molar-refractivity contribution in [1.29, 1.82) is 0 Å². The predicted octanol–water partition coefficient (Wildman–Crippen LogP) is 5.83. The van der Waals surface area contributed by atoms with Gasteiger partial charge in [0.1, 0.15) is 12.4 Å². The number of rotatable bonds is 7. The van der Waals surface area contributed by atoms with Gasteiger partial charge in [-0.15, -0.1) is 11.3 Å². The van der Waals surface area contributed by atoms with Crippen molar-refractivity contribution >= 4 is 22.9 Å². The van der Waals surface area contributed by atoms with Crippen LogP contribution in [0.1, 0.15) is 28.8 Å². The van der Waals surface area contributed by atoms with Crippen molar-refractivity contribution in [2.24, 2.45) is 5.92 Å². The van der Waals surface area contributed by atoms with Gasteiger partial charge in [0.15, 0.2) is 4.47 Å². The van der Waals surface area contributed by atoms with E-state index >= 15 is 0 Å². The van der Waals surface area contributed by atoms with Crippen LogP contribution in [-0.4, -0.2) is 23.0 Å². The van der Waals surface area contributed by atoms with E-state index in [1.165, 1.54) is 41.7 Å². The van der Waals surface area contributed by atoms with Crippen LogP contribution in [-0.2, 0) is 19.6 Å². The van der Waals surface area contributed by atoms with Crippen molar-refractivity contribution in [3.05, 3.63) is 81.3 Å². The van der Waals surface area contributed by atoms with E-state index in [1.807, 2.05) is 6.07 Å². The molecule has 0 aliphatic carbocycles. The largest absolute Gasteiger partial charge is 0.488 e. The topological polar surface area (TPSA) is 25.4 Å². The van der Waals surface area contributed by atoms with Gasteiger partial charge in [0.25, 0.3) is 0 Å². The van der Waals surface area contributed by atoms with Crippen LogP contribution >= 0.6 is 22.9 Å².